The van der Waals surface area contributed by atoms with Gasteiger partial charge in [0.25, 0.3) is 11.8 Å². The van der Waals surface area contributed by atoms with Gasteiger partial charge in [0.15, 0.2) is 12.3 Å². The van der Waals surface area contributed by atoms with Crippen LogP contribution in [0.5, 0.6) is 5.75 Å². The van der Waals surface area contributed by atoms with Gasteiger partial charge in [-0.15, -0.1) is 0 Å². The first kappa shape index (κ1) is 16.4. The van der Waals surface area contributed by atoms with Crippen LogP contribution in [-0.4, -0.2) is 41.5 Å². The van der Waals surface area contributed by atoms with Gasteiger partial charge in [0.1, 0.15) is 17.8 Å². The molecule has 0 fully saturated rings. The number of anilines is 1. The van der Waals surface area contributed by atoms with Crippen molar-refractivity contribution < 1.29 is 23.9 Å². The normalized spacial score (nSPS) is 12.4. The van der Waals surface area contributed by atoms with Gasteiger partial charge in [0.05, 0.1) is 12.8 Å². The van der Waals surface area contributed by atoms with Crippen molar-refractivity contribution in [3.05, 3.63) is 47.5 Å². The first-order valence-electron chi connectivity index (χ1n) is 7.31. The summed E-state index contributed by atoms with van der Waals surface area (Å²) in [5.74, 6) is -0.773. The molecular formula is C16H14N4O5. The van der Waals surface area contributed by atoms with Crippen molar-refractivity contribution >= 4 is 23.5 Å². The lowest BCUT2D eigenvalue weighted by atomic mass is 10.1. The summed E-state index contributed by atoms with van der Waals surface area (Å²) in [6.07, 6.45) is 1.12. The Hall–Kier alpha value is -3.49. The maximum atomic E-state index is 12.2. The zero-order valence-electron chi connectivity index (χ0n) is 13.2. The van der Waals surface area contributed by atoms with Gasteiger partial charge in [-0.1, -0.05) is 6.07 Å². The molecule has 0 spiro atoms. The molecule has 1 aromatic carbocycles. The second-order valence-corrected chi connectivity index (χ2v) is 5.13. The minimum Gasteiger partial charge on any atom is -0.482 e. The summed E-state index contributed by atoms with van der Waals surface area (Å²) >= 11 is 0. The van der Waals surface area contributed by atoms with E-state index in [1.807, 2.05) is 0 Å². The monoisotopic (exact) mass is 342 g/mol. The Morgan fingerprint density at radius 3 is 2.88 bits per heavy atom. The fourth-order valence-corrected chi connectivity index (χ4v) is 2.21. The molecule has 0 bridgehead atoms. The molecule has 0 radical (unpaired) electrons. The summed E-state index contributed by atoms with van der Waals surface area (Å²) in [6.45, 7) is 0.193. The van der Waals surface area contributed by atoms with Crippen LogP contribution in [-0.2, 0) is 16.1 Å². The lowest BCUT2D eigenvalue weighted by Crippen LogP contribution is -2.26. The van der Waals surface area contributed by atoms with Gasteiger partial charge in [-0.25, -0.2) is 14.8 Å². The van der Waals surface area contributed by atoms with Gasteiger partial charge in [-0.3, -0.25) is 9.59 Å². The average Bonchev–Trinajstić information content (AvgIpc) is 2.65. The quantitative estimate of drug-likeness (QED) is 0.778. The topological polar surface area (TPSA) is 120 Å². The Morgan fingerprint density at radius 1 is 1.28 bits per heavy atom. The Morgan fingerprint density at radius 2 is 2.08 bits per heavy atom. The van der Waals surface area contributed by atoms with Gasteiger partial charge in [-0.05, 0) is 17.7 Å². The van der Waals surface area contributed by atoms with Crippen LogP contribution < -0.4 is 15.4 Å². The number of carbonyl (C=O) groups excluding carboxylic acids is 3. The first-order chi connectivity index (χ1) is 12.1. The third kappa shape index (κ3) is 3.71. The van der Waals surface area contributed by atoms with E-state index in [4.69, 9.17) is 4.74 Å². The number of methoxy groups -OCH3 is 1. The van der Waals surface area contributed by atoms with E-state index in [1.165, 1.54) is 13.2 Å². The Bertz CT molecular complexity index is 852. The summed E-state index contributed by atoms with van der Waals surface area (Å²) in [5, 5.41) is 5.38. The van der Waals surface area contributed by atoms with E-state index in [1.54, 1.807) is 18.2 Å². The lowest BCUT2D eigenvalue weighted by Gasteiger charge is -2.18. The number of fused-ring (bicyclic) bond motifs is 1. The molecule has 2 aromatic rings. The van der Waals surface area contributed by atoms with Crippen molar-refractivity contribution in [2.75, 3.05) is 19.0 Å². The molecule has 0 atom stereocenters. The van der Waals surface area contributed by atoms with Crippen molar-refractivity contribution in [2.45, 2.75) is 6.54 Å². The molecule has 2 N–H and O–H groups in total. The van der Waals surface area contributed by atoms with Crippen molar-refractivity contribution in [3.63, 3.8) is 0 Å². The van der Waals surface area contributed by atoms with Crippen molar-refractivity contribution in [2.24, 2.45) is 0 Å². The molecule has 9 heteroatoms. The fraction of sp³-hybridized carbons (Fsp3) is 0.188. The average molecular weight is 342 g/mol. The first-order valence-corrected chi connectivity index (χ1v) is 7.31. The highest BCUT2D eigenvalue weighted by Crippen LogP contribution is 2.28. The second-order valence-electron chi connectivity index (χ2n) is 5.13. The maximum Gasteiger partial charge on any atom is 0.356 e. The Kier molecular flexibility index (Phi) is 4.55. The molecule has 2 amide bonds. The van der Waals surface area contributed by atoms with Gasteiger partial charge < -0.3 is 20.1 Å². The molecule has 9 nitrogen and oxygen atoms in total. The van der Waals surface area contributed by atoms with Crippen LogP contribution in [0.1, 0.15) is 26.5 Å². The number of amides is 2. The zero-order valence-corrected chi connectivity index (χ0v) is 13.2. The third-order valence-electron chi connectivity index (χ3n) is 3.42. The van der Waals surface area contributed by atoms with E-state index in [2.05, 4.69) is 25.3 Å². The van der Waals surface area contributed by atoms with Gasteiger partial charge >= 0.3 is 5.97 Å². The number of nitrogens with zero attached hydrogens (tertiary/aromatic N) is 2. The largest absolute Gasteiger partial charge is 0.482 e. The van der Waals surface area contributed by atoms with Crippen LogP contribution in [0.25, 0.3) is 0 Å². The number of esters is 1. The molecule has 1 aromatic heterocycles. The van der Waals surface area contributed by atoms with Crippen LogP contribution in [0.4, 0.5) is 5.69 Å². The third-order valence-corrected chi connectivity index (χ3v) is 3.42. The number of hydrogen-bond donors (Lipinski definition) is 2. The number of ether oxygens (including phenoxy) is 2. The standard InChI is InChI=1S/C16H14N4O5/c1-24-16(23)12-5-11(18-8-19-12)15(22)17-6-9-2-3-13-10(4-9)20-14(21)7-25-13/h2-5,8H,6-7H2,1H3,(H,17,22)(H,20,21). The van der Waals surface area contributed by atoms with E-state index in [9.17, 15) is 14.4 Å². The molecule has 2 heterocycles. The second kappa shape index (κ2) is 6.95. The van der Waals surface area contributed by atoms with E-state index in [-0.39, 0.29) is 30.4 Å². The smallest absolute Gasteiger partial charge is 0.356 e. The number of hydrogen-bond acceptors (Lipinski definition) is 7. The summed E-state index contributed by atoms with van der Waals surface area (Å²) in [5.41, 5.74) is 1.36. The minimum absolute atomic E-state index is 0.00343. The van der Waals surface area contributed by atoms with Gasteiger partial charge in [0, 0.05) is 12.6 Å². The van der Waals surface area contributed by atoms with Gasteiger partial charge in [-0.2, -0.15) is 0 Å². The number of benzene rings is 1. The molecular weight excluding hydrogens is 328 g/mol. The summed E-state index contributed by atoms with van der Waals surface area (Å²) in [7, 11) is 1.22. The van der Waals surface area contributed by atoms with Crippen LogP contribution >= 0.6 is 0 Å². The molecule has 0 aliphatic carbocycles. The number of aromatic nitrogens is 2. The zero-order chi connectivity index (χ0) is 17.8. The predicted octanol–water partition coefficient (Wildman–Crippen LogP) is 0.524. The van der Waals surface area contributed by atoms with E-state index >= 15 is 0 Å². The number of nitrogens with one attached hydrogen (secondary N) is 2. The predicted molar refractivity (Wildman–Crippen MR) is 85.1 cm³/mol. The minimum atomic E-state index is -0.651. The van der Waals surface area contributed by atoms with Crippen LogP contribution in [0.3, 0.4) is 0 Å². The van der Waals surface area contributed by atoms with Crippen molar-refractivity contribution in [1.29, 1.82) is 0 Å². The molecule has 3 rings (SSSR count). The number of rotatable bonds is 4. The molecule has 25 heavy (non-hydrogen) atoms. The lowest BCUT2D eigenvalue weighted by molar-refractivity contribution is -0.118. The fourth-order valence-electron chi connectivity index (χ4n) is 2.21. The van der Waals surface area contributed by atoms with Crippen molar-refractivity contribution in [3.8, 4) is 5.75 Å². The van der Waals surface area contributed by atoms with E-state index in [0.29, 0.717) is 11.4 Å². The summed E-state index contributed by atoms with van der Waals surface area (Å²) in [4.78, 5) is 42.5. The highest BCUT2D eigenvalue weighted by atomic mass is 16.5. The van der Waals surface area contributed by atoms with E-state index in [0.717, 1.165) is 11.9 Å². The SMILES string of the molecule is COC(=O)c1cc(C(=O)NCc2ccc3c(c2)NC(=O)CO3)ncn1. The molecule has 128 valence electrons. The molecule has 1 aliphatic rings. The maximum absolute atomic E-state index is 12.2. The number of carbonyl (C=O) groups is 3. The molecule has 0 saturated heterocycles. The van der Waals surface area contributed by atoms with Crippen LogP contribution in [0.2, 0.25) is 0 Å². The highest BCUT2D eigenvalue weighted by Gasteiger charge is 2.17. The molecule has 0 unspecified atom stereocenters. The summed E-state index contributed by atoms with van der Waals surface area (Å²) < 4.78 is 9.83. The molecule has 1 aliphatic heterocycles. The van der Waals surface area contributed by atoms with Gasteiger partial charge in [0.2, 0.25) is 0 Å². The Balaban J connectivity index is 1.67. The van der Waals surface area contributed by atoms with Crippen LogP contribution in [0.15, 0.2) is 30.6 Å². The van der Waals surface area contributed by atoms with E-state index < -0.39 is 11.9 Å². The highest BCUT2D eigenvalue weighted by molar-refractivity contribution is 5.96. The summed E-state index contributed by atoms with van der Waals surface area (Å²) in [6, 6.07) is 6.46. The van der Waals surface area contributed by atoms with Crippen LogP contribution in [0, 0.1) is 0 Å². The molecule has 0 saturated carbocycles. The van der Waals surface area contributed by atoms with Crippen molar-refractivity contribution in [1.82, 2.24) is 15.3 Å². The Labute approximate surface area is 142 Å².